The minimum absolute atomic E-state index is 1.22. The molecule has 0 aliphatic heterocycles. The molecule has 0 heterocycles. The minimum Gasteiger partial charge on any atom is -0.131 e. The third-order valence-corrected chi connectivity index (χ3v) is 4.47. The molecular weight excluding hydrogens is 236 g/mol. The lowest BCUT2D eigenvalue weighted by atomic mass is 10.1. The standard InChI is InChI=1S/C17H34S/c1-4-7-8-9-10-11-12-13-14-15-16-17(5-2)18-6-3/h16H,4-15H2,1-3H3/b17-16-. The molecule has 0 saturated heterocycles. The summed E-state index contributed by atoms with van der Waals surface area (Å²) in [5.74, 6) is 1.22. The number of thioether (sulfide) groups is 1. The summed E-state index contributed by atoms with van der Waals surface area (Å²) < 4.78 is 0. The normalized spacial score (nSPS) is 12.1. The van der Waals surface area contributed by atoms with Gasteiger partial charge in [0.2, 0.25) is 0 Å². The van der Waals surface area contributed by atoms with Crippen LogP contribution in [0.5, 0.6) is 0 Å². The van der Waals surface area contributed by atoms with Crippen LogP contribution in [-0.4, -0.2) is 5.75 Å². The molecule has 18 heavy (non-hydrogen) atoms. The van der Waals surface area contributed by atoms with Crippen molar-refractivity contribution in [2.75, 3.05) is 5.75 Å². The van der Waals surface area contributed by atoms with Gasteiger partial charge in [-0.15, -0.1) is 11.8 Å². The third-order valence-electron chi connectivity index (χ3n) is 3.36. The Morgan fingerprint density at radius 3 is 1.83 bits per heavy atom. The lowest BCUT2D eigenvalue weighted by Crippen LogP contribution is -1.82. The van der Waals surface area contributed by atoms with Gasteiger partial charge in [-0.3, -0.25) is 0 Å². The zero-order chi connectivity index (χ0) is 13.5. The van der Waals surface area contributed by atoms with E-state index in [0.717, 1.165) is 0 Å². The first-order chi connectivity index (χ1) is 8.85. The molecule has 0 fully saturated rings. The van der Waals surface area contributed by atoms with E-state index in [0.29, 0.717) is 0 Å². The van der Waals surface area contributed by atoms with E-state index >= 15 is 0 Å². The molecule has 0 rings (SSSR count). The molecule has 0 radical (unpaired) electrons. The summed E-state index contributed by atoms with van der Waals surface area (Å²) >= 11 is 2.02. The summed E-state index contributed by atoms with van der Waals surface area (Å²) in [4.78, 5) is 1.59. The van der Waals surface area contributed by atoms with Crippen molar-refractivity contribution in [1.29, 1.82) is 0 Å². The van der Waals surface area contributed by atoms with Gasteiger partial charge >= 0.3 is 0 Å². The number of rotatable bonds is 13. The molecule has 0 aromatic carbocycles. The molecule has 0 unspecified atom stereocenters. The Labute approximate surface area is 120 Å². The van der Waals surface area contributed by atoms with Crippen LogP contribution in [0.4, 0.5) is 0 Å². The number of hydrogen-bond donors (Lipinski definition) is 0. The second-order valence-corrected chi connectivity index (χ2v) is 6.46. The van der Waals surface area contributed by atoms with Gasteiger partial charge in [0.1, 0.15) is 0 Å². The van der Waals surface area contributed by atoms with Crippen molar-refractivity contribution in [3.05, 3.63) is 11.0 Å². The summed E-state index contributed by atoms with van der Waals surface area (Å²) in [5, 5.41) is 0. The van der Waals surface area contributed by atoms with Crippen molar-refractivity contribution in [2.24, 2.45) is 0 Å². The van der Waals surface area contributed by atoms with Crippen molar-refractivity contribution in [1.82, 2.24) is 0 Å². The van der Waals surface area contributed by atoms with Crippen LogP contribution in [-0.2, 0) is 0 Å². The molecule has 0 N–H and O–H groups in total. The summed E-state index contributed by atoms with van der Waals surface area (Å²) in [6.45, 7) is 6.80. The van der Waals surface area contributed by atoms with Crippen LogP contribution < -0.4 is 0 Å². The lowest BCUT2D eigenvalue weighted by Gasteiger charge is -2.03. The molecule has 0 aromatic rings. The number of hydrogen-bond acceptors (Lipinski definition) is 1. The Balaban J connectivity index is 3.24. The predicted octanol–water partition coefficient (Wildman–Crippen LogP) is 6.95. The highest BCUT2D eigenvalue weighted by Crippen LogP contribution is 2.20. The average Bonchev–Trinajstić information content (AvgIpc) is 2.39. The number of unbranched alkanes of at least 4 members (excludes halogenated alkanes) is 9. The van der Waals surface area contributed by atoms with Gasteiger partial charge < -0.3 is 0 Å². The van der Waals surface area contributed by atoms with Crippen LogP contribution in [0.2, 0.25) is 0 Å². The molecule has 108 valence electrons. The highest BCUT2D eigenvalue weighted by atomic mass is 32.2. The molecule has 0 bridgehead atoms. The van der Waals surface area contributed by atoms with E-state index in [-0.39, 0.29) is 0 Å². The van der Waals surface area contributed by atoms with E-state index in [4.69, 9.17) is 0 Å². The topological polar surface area (TPSA) is 0 Å². The second kappa shape index (κ2) is 15.1. The highest BCUT2D eigenvalue weighted by Gasteiger charge is 1.94. The van der Waals surface area contributed by atoms with Crippen molar-refractivity contribution in [2.45, 2.75) is 91.4 Å². The molecule has 0 aliphatic carbocycles. The summed E-state index contributed by atoms with van der Waals surface area (Å²) in [7, 11) is 0. The van der Waals surface area contributed by atoms with Crippen molar-refractivity contribution in [3.8, 4) is 0 Å². The Hall–Kier alpha value is 0.0900. The zero-order valence-corrected chi connectivity index (χ0v) is 13.8. The monoisotopic (exact) mass is 270 g/mol. The van der Waals surface area contributed by atoms with E-state index in [1.807, 2.05) is 11.8 Å². The Morgan fingerprint density at radius 1 is 0.778 bits per heavy atom. The predicted molar refractivity (Wildman–Crippen MR) is 88.4 cm³/mol. The van der Waals surface area contributed by atoms with Gasteiger partial charge in [0.25, 0.3) is 0 Å². The maximum atomic E-state index is 2.47. The maximum Gasteiger partial charge on any atom is -0.00518 e. The number of allylic oxidation sites excluding steroid dienone is 2. The van der Waals surface area contributed by atoms with Gasteiger partial charge in [-0.2, -0.15) is 0 Å². The molecule has 0 aliphatic rings. The fourth-order valence-corrected chi connectivity index (χ4v) is 3.02. The van der Waals surface area contributed by atoms with Crippen LogP contribution in [0.25, 0.3) is 0 Å². The van der Waals surface area contributed by atoms with Gasteiger partial charge in [0.15, 0.2) is 0 Å². The second-order valence-electron chi connectivity index (χ2n) is 5.07. The Bertz CT molecular complexity index is 184. The van der Waals surface area contributed by atoms with Crippen LogP contribution in [0.1, 0.15) is 91.4 Å². The van der Waals surface area contributed by atoms with Crippen LogP contribution in [0, 0.1) is 0 Å². The SMILES string of the molecule is CCCCCCCCCCC/C=C(/CC)SCC. The molecule has 0 amide bonds. The van der Waals surface area contributed by atoms with Crippen molar-refractivity contribution < 1.29 is 0 Å². The van der Waals surface area contributed by atoms with Gasteiger partial charge in [0, 0.05) is 0 Å². The van der Waals surface area contributed by atoms with Crippen LogP contribution in [0.15, 0.2) is 11.0 Å². The summed E-state index contributed by atoms with van der Waals surface area (Å²) in [5.41, 5.74) is 0. The lowest BCUT2D eigenvalue weighted by molar-refractivity contribution is 0.566. The van der Waals surface area contributed by atoms with E-state index in [1.54, 1.807) is 4.91 Å². The average molecular weight is 271 g/mol. The summed E-state index contributed by atoms with van der Waals surface area (Å²) in [6.07, 6.45) is 17.9. The molecule has 0 nitrogen and oxygen atoms in total. The highest BCUT2D eigenvalue weighted by molar-refractivity contribution is 8.03. The fourth-order valence-electron chi connectivity index (χ4n) is 2.21. The molecule has 0 spiro atoms. The first-order valence-corrected chi connectivity index (χ1v) is 9.15. The largest absolute Gasteiger partial charge is 0.131 e. The molecule has 0 atom stereocenters. The Kier molecular flexibility index (Phi) is 15.2. The van der Waals surface area contributed by atoms with Crippen LogP contribution >= 0.6 is 11.8 Å². The maximum absolute atomic E-state index is 2.47. The van der Waals surface area contributed by atoms with E-state index in [1.165, 1.54) is 76.4 Å². The quantitative estimate of drug-likeness (QED) is 0.326. The Morgan fingerprint density at radius 2 is 1.33 bits per heavy atom. The zero-order valence-electron chi connectivity index (χ0n) is 13.0. The molecule has 1 heteroatoms. The van der Waals surface area contributed by atoms with Crippen LogP contribution in [0.3, 0.4) is 0 Å². The third kappa shape index (κ3) is 12.5. The fraction of sp³-hybridized carbons (Fsp3) is 0.882. The smallest absolute Gasteiger partial charge is 0.00518 e. The van der Waals surface area contributed by atoms with Gasteiger partial charge in [-0.1, -0.05) is 78.2 Å². The summed E-state index contributed by atoms with van der Waals surface area (Å²) in [6, 6.07) is 0. The van der Waals surface area contributed by atoms with Crippen molar-refractivity contribution >= 4 is 11.8 Å². The van der Waals surface area contributed by atoms with Gasteiger partial charge in [-0.05, 0) is 29.9 Å². The van der Waals surface area contributed by atoms with Gasteiger partial charge in [0.05, 0.1) is 0 Å². The molecular formula is C17H34S. The van der Waals surface area contributed by atoms with E-state index < -0.39 is 0 Å². The minimum atomic E-state index is 1.22. The first-order valence-electron chi connectivity index (χ1n) is 8.16. The van der Waals surface area contributed by atoms with Crippen molar-refractivity contribution in [3.63, 3.8) is 0 Å². The van der Waals surface area contributed by atoms with Gasteiger partial charge in [-0.25, -0.2) is 0 Å². The van der Waals surface area contributed by atoms with E-state index in [2.05, 4.69) is 26.8 Å². The molecule has 0 aromatic heterocycles. The molecule has 0 saturated carbocycles. The first kappa shape index (κ1) is 18.1. The van der Waals surface area contributed by atoms with E-state index in [9.17, 15) is 0 Å².